The number of benzene rings is 1. The van der Waals surface area contributed by atoms with Gasteiger partial charge in [-0.25, -0.2) is 0 Å². The van der Waals surface area contributed by atoms with E-state index in [1.807, 2.05) is 24.0 Å². The maximum absolute atomic E-state index is 12.4. The molecule has 1 heterocycles. The van der Waals surface area contributed by atoms with Crippen molar-refractivity contribution in [2.24, 2.45) is 0 Å². The lowest BCUT2D eigenvalue weighted by atomic mass is 10.1. The van der Waals surface area contributed by atoms with E-state index in [4.69, 9.17) is 16.3 Å². The Bertz CT molecular complexity index is 430. The van der Waals surface area contributed by atoms with Gasteiger partial charge in [-0.15, -0.1) is 0 Å². The molecule has 0 aromatic heterocycles. The van der Waals surface area contributed by atoms with Crippen LogP contribution in [0.1, 0.15) is 32.6 Å². The normalized spacial score (nSPS) is 17.1. The van der Waals surface area contributed by atoms with Gasteiger partial charge in [-0.3, -0.25) is 4.79 Å². The zero-order chi connectivity index (χ0) is 13.7. The molecule has 1 atom stereocenters. The monoisotopic (exact) mass is 281 g/mol. The highest BCUT2D eigenvalue weighted by Crippen LogP contribution is 2.25. The summed E-state index contributed by atoms with van der Waals surface area (Å²) in [5.41, 5.74) is 0. The van der Waals surface area contributed by atoms with Crippen molar-refractivity contribution in [1.29, 1.82) is 0 Å². The van der Waals surface area contributed by atoms with E-state index >= 15 is 0 Å². The van der Waals surface area contributed by atoms with Crippen LogP contribution in [0.4, 0.5) is 0 Å². The van der Waals surface area contributed by atoms with Crippen LogP contribution < -0.4 is 4.74 Å². The van der Waals surface area contributed by atoms with Gasteiger partial charge in [-0.1, -0.05) is 30.7 Å². The Kier molecular flexibility index (Phi) is 5.08. The second kappa shape index (κ2) is 6.80. The van der Waals surface area contributed by atoms with Crippen molar-refractivity contribution in [1.82, 2.24) is 4.90 Å². The molecule has 1 aliphatic heterocycles. The largest absolute Gasteiger partial charge is 0.479 e. The number of carbonyl (C=O) groups excluding carboxylic acids is 1. The summed E-state index contributed by atoms with van der Waals surface area (Å²) in [6.07, 6.45) is 3.62. The molecule has 1 saturated heterocycles. The van der Waals surface area contributed by atoms with Crippen molar-refractivity contribution in [2.45, 2.75) is 38.7 Å². The van der Waals surface area contributed by atoms with Gasteiger partial charge in [0.1, 0.15) is 5.75 Å². The number of hydrogen-bond acceptors (Lipinski definition) is 2. The zero-order valence-electron chi connectivity index (χ0n) is 11.3. The molecule has 104 valence electrons. The molecule has 0 saturated carbocycles. The first kappa shape index (κ1) is 14.2. The molecule has 0 unspecified atom stereocenters. The van der Waals surface area contributed by atoms with Crippen molar-refractivity contribution in [3.05, 3.63) is 29.3 Å². The highest BCUT2D eigenvalue weighted by molar-refractivity contribution is 6.32. The van der Waals surface area contributed by atoms with E-state index < -0.39 is 6.10 Å². The Labute approximate surface area is 119 Å². The molecule has 0 aliphatic carbocycles. The van der Waals surface area contributed by atoms with E-state index in [1.54, 1.807) is 12.1 Å². The molecule has 19 heavy (non-hydrogen) atoms. The molecule has 0 radical (unpaired) electrons. The number of hydrogen-bond donors (Lipinski definition) is 0. The maximum atomic E-state index is 12.4. The van der Waals surface area contributed by atoms with E-state index in [-0.39, 0.29) is 5.91 Å². The standard InChI is InChI=1S/C15H20ClNO2/c1-2-13(15(18)17-10-6-3-7-11-17)19-14-9-5-4-8-12(14)16/h4-5,8-9,13H,2-3,6-7,10-11H2,1H3/t13-/m0/s1. The lowest BCUT2D eigenvalue weighted by Gasteiger charge is -2.30. The van der Waals surface area contributed by atoms with Gasteiger partial charge in [-0.05, 0) is 37.8 Å². The van der Waals surface area contributed by atoms with Crippen LogP contribution in [-0.4, -0.2) is 30.0 Å². The average Bonchev–Trinajstić information content (AvgIpc) is 2.47. The molecule has 0 spiro atoms. The molecule has 4 heteroatoms. The molecular formula is C15H20ClNO2. The predicted octanol–water partition coefficient (Wildman–Crippen LogP) is 3.51. The van der Waals surface area contributed by atoms with Crippen LogP contribution in [0.25, 0.3) is 0 Å². The summed E-state index contributed by atoms with van der Waals surface area (Å²) in [5, 5.41) is 0.549. The summed E-state index contributed by atoms with van der Waals surface area (Å²) < 4.78 is 5.79. The highest BCUT2D eigenvalue weighted by atomic mass is 35.5. The molecule has 1 amide bonds. The smallest absolute Gasteiger partial charge is 0.263 e. The fraction of sp³-hybridized carbons (Fsp3) is 0.533. The minimum Gasteiger partial charge on any atom is -0.479 e. The van der Waals surface area contributed by atoms with Crippen LogP contribution in [0.2, 0.25) is 5.02 Å². The summed E-state index contributed by atoms with van der Waals surface area (Å²) in [5.74, 6) is 0.670. The Balaban J connectivity index is 2.03. The Hall–Kier alpha value is -1.22. The minimum absolute atomic E-state index is 0.0853. The van der Waals surface area contributed by atoms with Crippen LogP contribution in [-0.2, 0) is 4.79 Å². The average molecular weight is 282 g/mol. The van der Waals surface area contributed by atoms with Gasteiger partial charge in [0.25, 0.3) is 5.91 Å². The van der Waals surface area contributed by atoms with Gasteiger partial charge >= 0.3 is 0 Å². The van der Waals surface area contributed by atoms with Gasteiger partial charge in [0.2, 0.25) is 0 Å². The van der Waals surface area contributed by atoms with Crippen LogP contribution in [0, 0.1) is 0 Å². The van der Waals surface area contributed by atoms with Crippen molar-refractivity contribution >= 4 is 17.5 Å². The molecule has 1 aliphatic rings. The van der Waals surface area contributed by atoms with Crippen molar-refractivity contribution in [3.63, 3.8) is 0 Å². The molecular weight excluding hydrogens is 262 g/mol. The third-order valence-corrected chi connectivity index (χ3v) is 3.73. The third-order valence-electron chi connectivity index (χ3n) is 3.42. The number of para-hydroxylation sites is 1. The Morgan fingerprint density at radius 1 is 1.32 bits per heavy atom. The number of carbonyl (C=O) groups is 1. The van der Waals surface area contributed by atoms with Gasteiger partial charge in [-0.2, -0.15) is 0 Å². The number of nitrogens with zero attached hydrogens (tertiary/aromatic N) is 1. The van der Waals surface area contributed by atoms with Crippen LogP contribution >= 0.6 is 11.6 Å². The van der Waals surface area contributed by atoms with Crippen molar-refractivity contribution in [2.75, 3.05) is 13.1 Å². The SMILES string of the molecule is CC[C@H](Oc1ccccc1Cl)C(=O)N1CCCCC1. The summed E-state index contributed by atoms with van der Waals surface area (Å²) in [6.45, 7) is 3.66. The lowest BCUT2D eigenvalue weighted by Crippen LogP contribution is -2.44. The van der Waals surface area contributed by atoms with E-state index in [1.165, 1.54) is 6.42 Å². The van der Waals surface area contributed by atoms with Gasteiger partial charge in [0.05, 0.1) is 5.02 Å². The van der Waals surface area contributed by atoms with E-state index in [0.29, 0.717) is 17.2 Å². The van der Waals surface area contributed by atoms with Crippen LogP contribution in [0.15, 0.2) is 24.3 Å². The van der Waals surface area contributed by atoms with Crippen LogP contribution in [0.3, 0.4) is 0 Å². The van der Waals surface area contributed by atoms with Crippen molar-refractivity contribution in [3.8, 4) is 5.75 Å². The van der Waals surface area contributed by atoms with Crippen LogP contribution in [0.5, 0.6) is 5.75 Å². The Morgan fingerprint density at radius 2 is 2.00 bits per heavy atom. The molecule has 1 aromatic rings. The Morgan fingerprint density at radius 3 is 2.63 bits per heavy atom. The second-order valence-electron chi connectivity index (χ2n) is 4.83. The lowest BCUT2D eigenvalue weighted by molar-refractivity contribution is -0.139. The number of likely N-dealkylation sites (tertiary alicyclic amines) is 1. The number of piperidine rings is 1. The summed E-state index contributed by atoms with van der Waals surface area (Å²) in [7, 11) is 0. The molecule has 3 nitrogen and oxygen atoms in total. The fourth-order valence-electron chi connectivity index (χ4n) is 2.32. The van der Waals surface area contributed by atoms with E-state index in [2.05, 4.69) is 0 Å². The van der Waals surface area contributed by atoms with Crippen molar-refractivity contribution < 1.29 is 9.53 Å². The number of halogens is 1. The van der Waals surface area contributed by atoms with Gasteiger partial charge in [0.15, 0.2) is 6.10 Å². The predicted molar refractivity (Wildman–Crippen MR) is 76.6 cm³/mol. The first-order chi connectivity index (χ1) is 9.22. The maximum Gasteiger partial charge on any atom is 0.263 e. The number of amides is 1. The second-order valence-corrected chi connectivity index (χ2v) is 5.24. The number of ether oxygens (including phenoxy) is 1. The molecule has 1 aromatic carbocycles. The third kappa shape index (κ3) is 3.63. The number of rotatable bonds is 4. The first-order valence-corrected chi connectivity index (χ1v) is 7.30. The zero-order valence-corrected chi connectivity index (χ0v) is 12.0. The quantitative estimate of drug-likeness (QED) is 0.845. The van der Waals surface area contributed by atoms with Gasteiger partial charge < -0.3 is 9.64 Å². The fourth-order valence-corrected chi connectivity index (χ4v) is 2.50. The van der Waals surface area contributed by atoms with E-state index in [0.717, 1.165) is 25.9 Å². The molecule has 0 bridgehead atoms. The first-order valence-electron chi connectivity index (χ1n) is 6.92. The summed E-state index contributed by atoms with van der Waals surface area (Å²) in [4.78, 5) is 14.3. The molecule has 1 fully saturated rings. The highest BCUT2D eigenvalue weighted by Gasteiger charge is 2.26. The summed E-state index contributed by atoms with van der Waals surface area (Å²) >= 11 is 6.07. The van der Waals surface area contributed by atoms with Gasteiger partial charge in [0, 0.05) is 13.1 Å². The topological polar surface area (TPSA) is 29.5 Å². The summed E-state index contributed by atoms with van der Waals surface area (Å²) in [6, 6.07) is 7.28. The molecule has 2 rings (SSSR count). The van der Waals surface area contributed by atoms with E-state index in [9.17, 15) is 4.79 Å². The minimum atomic E-state index is -0.432. The molecule has 0 N–H and O–H groups in total.